The smallest absolute Gasteiger partial charge is 0.283 e. The lowest BCUT2D eigenvalue weighted by Gasteiger charge is -2.23. The maximum atomic E-state index is 13.6. The zero-order valence-electron chi connectivity index (χ0n) is 5.85. The van der Waals surface area contributed by atoms with Gasteiger partial charge in [0.25, 0.3) is 5.91 Å². The Hall–Kier alpha value is -0.970. The highest BCUT2D eigenvalue weighted by molar-refractivity contribution is 6.16. The molecule has 1 amide bonds. The van der Waals surface area contributed by atoms with Gasteiger partial charge < -0.3 is 5.32 Å². The normalized spacial score (nSPS) is 36.1. The number of alkyl halides is 1. The summed E-state index contributed by atoms with van der Waals surface area (Å²) in [5, 5.41) is 6.53. The van der Waals surface area contributed by atoms with Crippen LogP contribution in [0.2, 0.25) is 0 Å². The molecular formula is C6H8FN3O. The summed E-state index contributed by atoms with van der Waals surface area (Å²) in [5.41, 5.74) is 0.608. The molecule has 0 spiro atoms. The van der Waals surface area contributed by atoms with Crippen LogP contribution in [0.15, 0.2) is 5.10 Å². The highest BCUT2D eigenvalue weighted by atomic mass is 19.1. The van der Waals surface area contributed by atoms with Crippen LogP contribution in [0, 0.1) is 0 Å². The van der Waals surface area contributed by atoms with Crippen molar-refractivity contribution in [2.45, 2.75) is 12.1 Å². The monoisotopic (exact) mass is 157 g/mol. The number of amides is 1. The third kappa shape index (κ3) is 0.773. The Bertz CT molecular complexity index is 240. The van der Waals surface area contributed by atoms with E-state index in [1.165, 1.54) is 0 Å². The van der Waals surface area contributed by atoms with Crippen LogP contribution >= 0.6 is 0 Å². The fraction of sp³-hybridized carbons (Fsp3) is 0.667. The molecule has 1 atom stereocenters. The Morgan fingerprint density at radius 2 is 2.45 bits per heavy atom. The molecule has 60 valence electrons. The quantitative estimate of drug-likeness (QED) is 0.482. The molecule has 2 aliphatic rings. The Morgan fingerprint density at radius 3 is 3.18 bits per heavy atom. The molecule has 1 unspecified atom stereocenters. The largest absolute Gasteiger partial charge is 0.311 e. The van der Waals surface area contributed by atoms with Gasteiger partial charge in [0, 0.05) is 13.0 Å². The van der Waals surface area contributed by atoms with Crippen LogP contribution in [0.25, 0.3) is 0 Å². The number of fused-ring (bicyclic) bond motifs is 1. The molecule has 0 bridgehead atoms. The van der Waals surface area contributed by atoms with Gasteiger partial charge >= 0.3 is 0 Å². The van der Waals surface area contributed by atoms with Gasteiger partial charge in [-0.15, -0.1) is 0 Å². The van der Waals surface area contributed by atoms with E-state index in [1.807, 2.05) is 0 Å². The number of carbonyl (C=O) groups excluding carboxylic acids is 1. The van der Waals surface area contributed by atoms with Crippen molar-refractivity contribution in [2.75, 3.05) is 13.1 Å². The summed E-state index contributed by atoms with van der Waals surface area (Å²) in [6, 6.07) is 0. The van der Waals surface area contributed by atoms with Gasteiger partial charge in [0.05, 0.1) is 5.71 Å². The molecule has 2 aliphatic heterocycles. The van der Waals surface area contributed by atoms with Crippen molar-refractivity contribution in [1.29, 1.82) is 0 Å². The minimum atomic E-state index is -1.81. The number of halogens is 1. The maximum absolute atomic E-state index is 13.6. The minimum Gasteiger partial charge on any atom is -0.311 e. The van der Waals surface area contributed by atoms with Crippen molar-refractivity contribution < 1.29 is 9.18 Å². The molecule has 0 aliphatic carbocycles. The third-order valence-corrected chi connectivity index (χ3v) is 2.05. The predicted octanol–water partition coefficient (Wildman–Crippen LogP) is -0.826. The number of piperidine rings is 1. The second-order valence-electron chi connectivity index (χ2n) is 2.73. The van der Waals surface area contributed by atoms with Crippen molar-refractivity contribution in [3.05, 3.63) is 0 Å². The van der Waals surface area contributed by atoms with E-state index in [-0.39, 0.29) is 12.1 Å². The molecule has 2 rings (SSSR count). The second-order valence-corrected chi connectivity index (χ2v) is 2.73. The summed E-state index contributed by atoms with van der Waals surface area (Å²) < 4.78 is 13.6. The molecule has 2 N–H and O–H groups in total. The molecule has 11 heavy (non-hydrogen) atoms. The molecular weight excluding hydrogens is 149 g/mol. The van der Waals surface area contributed by atoms with E-state index < -0.39 is 11.6 Å². The van der Waals surface area contributed by atoms with Gasteiger partial charge in [-0.3, -0.25) is 4.79 Å². The van der Waals surface area contributed by atoms with Crippen molar-refractivity contribution in [3.63, 3.8) is 0 Å². The van der Waals surface area contributed by atoms with E-state index >= 15 is 0 Å². The highest BCUT2D eigenvalue weighted by Gasteiger charge is 2.49. The van der Waals surface area contributed by atoms with Gasteiger partial charge in [-0.05, 0) is 6.54 Å². The van der Waals surface area contributed by atoms with Crippen LogP contribution in [0.4, 0.5) is 4.39 Å². The summed E-state index contributed by atoms with van der Waals surface area (Å²) >= 11 is 0. The Morgan fingerprint density at radius 1 is 1.64 bits per heavy atom. The average Bonchev–Trinajstić information content (AvgIpc) is 2.29. The first-order chi connectivity index (χ1) is 5.23. The fourth-order valence-electron chi connectivity index (χ4n) is 1.33. The first-order valence-electron chi connectivity index (χ1n) is 3.50. The predicted molar refractivity (Wildman–Crippen MR) is 36.9 cm³/mol. The van der Waals surface area contributed by atoms with E-state index in [2.05, 4.69) is 15.8 Å². The molecule has 1 fully saturated rings. The number of nitrogens with one attached hydrogen (secondary N) is 2. The molecule has 0 aromatic heterocycles. The first kappa shape index (κ1) is 6.72. The lowest BCUT2D eigenvalue weighted by Crippen LogP contribution is -2.51. The number of hydrazone groups is 1. The number of hydrogen-bond acceptors (Lipinski definition) is 3. The topological polar surface area (TPSA) is 53.5 Å². The third-order valence-electron chi connectivity index (χ3n) is 2.05. The van der Waals surface area contributed by atoms with Gasteiger partial charge in [0.15, 0.2) is 0 Å². The van der Waals surface area contributed by atoms with Crippen LogP contribution in [-0.4, -0.2) is 30.4 Å². The van der Waals surface area contributed by atoms with Crippen LogP contribution in [-0.2, 0) is 4.79 Å². The van der Waals surface area contributed by atoms with Crippen LogP contribution < -0.4 is 10.7 Å². The molecule has 1 saturated heterocycles. The molecule has 0 aromatic carbocycles. The lowest BCUT2D eigenvalue weighted by atomic mass is 9.93. The number of carbonyl (C=O) groups is 1. The van der Waals surface area contributed by atoms with Gasteiger partial charge in [-0.1, -0.05) is 0 Å². The zero-order valence-corrected chi connectivity index (χ0v) is 5.85. The first-order valence-corrected chi connectivity index (χ1v) is 3.50. The average molecular weight is 157 g/mol. The number of nitrogens with zero attached hydrogens (tertiary/aromatic N) is 1. The maximum Gasteiger partial charge on any atom is 0.283 e. The molecule has 4 nitrogen and oxygen atoms in total. The Labute approximate surface area is 62.8 Å². The summed E-state index contributed by atoms with van der Waals surface area (Å²) in [4.78, 5) is 10.9. The Balaban J connectivity index is 2.32. The number of rotatable bonds is 0. The lowest BCUT2D eigenvalue weighted by molar-refractivity contribution is -0.127. The summed E-state index contributed by atoms with van der Waals surface area (Å²) in [5.74, 6) is -0.617. The molecule has 0 radical (unpaired) electrons. The highest BCUT2D eigenvalue weighted by Crippen LogP contribution is 2.24. The summed E-state index contributed by atoms with van der Waals surface area (Å²) in [6.07, 6.45) is 0.192. The van der Waals surface area contributed by atoms with Gasteiger partial charge in [-0.25, -0.2) is 9.82 Å². The molecule has 0 saturated carbocycles. The standard InChI is InChI=1S/C6H8FN3O/c7-6-1-2-8-3-4(6)9-10-5(6)11/h8H,1-3H2,(H,10,11). The van der Waals surface area contributed by atoms with Gasteiger partial charge in [-0.2, -0.15) is 5.10 Å². The molecule has 5 heteroatoms. The fourth-order valence-corrected chi connectivity index (χ4v) is 1.33. The van der Waals surface area contributed by atoms with Crippen molar-refractivity contribution in [3.8, 4) is 0 Å². The van der Waals surface area contributed by atoms with Crippen molar-refractivity contribution >= 4 is 11.6 Å². The number of hydrogen-bond donors (Lipinski definition) is 2. The Kier molecular flexibility index (Phi) is 1.23. The minimum absolute atomic E-state index is 0.192. The summed E-state index contributed by atoms with van der Waals surface area (Å²) in [6.45, 7) is 0.901. The van der Waals surface area contributed by atoms with Crippen LogP contribution in [0.1, 0.15) is 6.42 Å². The van der Waals surface area contributed by atoms with Gasteiger partial charge in [0.1, 0.15) is 0 Å². The van der Waals surface area contributed by atoms with Crippen LogP contribution in [0.5, 0.6) is 0 Å². The van der Waals surface area contributed by atoms with E-state index in [0.717, 1.165) is 0 Å². The van der Waals surface area contributed by atoms with Gasteiger partial charge in [0.2, 0.25) is 5.67 Å². The summed E-state index contributed by atoms with van der Waals surface area (Å²) in [7, 11) is 0. The zero-order chi connectivity index (χ0) is 7.90. The SMILES string of the molecule is O=C1NN=C2CNCCC12F. The van der Waals surface area contributed by atoms with Crippen molar-refractivity contribution in [2.24, 2.45) is 5.10 Å². The van der Waals surface area contributed by atoms with E-state index in [1.54, 1.807) is 0 Å². The van der Waals surface area contributed by atoms with Crippen molar-refractivity contribution in [1.82, 2.24) is 10.7 Å². The molecule has 0 aromatic rings. The molecule has 2 heterocycles. The van der Waals surface area contributed by atoms with E-state index in [9.17, 15) is 9.18 Å². The van der Waals surface area contributed by atoms with E-state index in [0.29, 0.717) is 13.1 Å². The second kappa shape index (κ2) is 2.01. The van der Waals surface area contributed by atoms with E-state index in [4.69, 9.17) is 0 Å². The van der Waals surface area contributed by atoms with Crippen LogP contribution in [0.3, 0.4) is 0 Å².